The lowest BCUT2D eigenvalue weighted by molar-refractivity contribution is 0.230. The summed E-state index contributed by atoms with van der Waals surface area (Å²) in [6.45, 7) is 5.22. The molecular weight excluding hydrogens is 206 g/mol. The molecule has 0 saturated carbocycles. The highest BCUT2D eigenvalue weighted by Crippen LogP contribution is 2.22. The van der Waals surface area contributed by atoms with Crippen LogP contribution in [0.1, 0.15) is 23.6 Å². The van der Waals surface area contributed by atoms with Gasteiger partial charge < -0.3 is 10.8 Å². The molecule has 0 aliphatic carbocycles. The maximum Gasteiger partial charge on any atom is 0.0474 e. The van der Waals surface area contributed by atoms with Gasteiger partial charge in [-0.05, 0) is 43.4 Å². The quantitative estimate of drug-likeness (QED) is 0.781. The van der Waals surface area contributed by atoms with E-state index in [0.717, 1.165) is 12.8 Å². The second kappa shape index (κ2) is 6.26. The summed E-state index contributed by atoms with van der Waals surface area (Å²) in [5.41, 5.74) is 5.56. The van der Waals surface area contributed by atoms with Crippen LogP contribution >= 0.6 is 11.3 Å². The van der Waals surface area contributed by atoms with Gasteiger partial charge in [0.05, 0.1) is 0 Å². The monoisotopic (exact) mass is 227 g/mol. The second-order valence-corrected chi connectivity index (χ2v) is 5.71. The van der Waals surface area contributed by atoms with Gasteiger partial charge in [-0.3, -0.25) is 0 Å². The van der Waals surface area contributed by atoms with Crippen molar-refractivity contribution in [1.82, 2.24) is 0 Å². The number of hydrogen-bond acceptors (Lipinski definition) is 3. The van der Waals surface area contributed by atoms with E-state index < -0.39 is 0 Å². The van der Waals surface area contributed by atoms with Crippen molar-refractivity contribution in [2.75, 3.05) is 13.2 Å². The molecule has 0 saturated heterocycles. The highest BCUT2D eigenvalue weighted by Gasteiger charge is 2.09. The number of hydrogen-bond donors (Lipinski definition) is 2. The van der Waals surface area contributed by atoms with E-state index in [1.807, 2.05) is 11.3 Å². The maximum absolute atomic E-state index is 9.06. The minimum atomic E-state index is 0.188. The zero-order valence-corrected chi connectivity index (χ0v) is 10.4. The van der Waals surface area contributed by atoms with Crippen molar-refractivity contribution >= 4 is 11.3 Å². The number of nitrogens with two attached hydrogens (primary N) is 1. The molecule has 2 nitrogen and oxygen atoms in total. The molecule has 0 bridgehead atoms. The van der Waals surface area contributed by atoms with Gasteiger partial charge in [0.1, 0.15) is 0 Å². The first-order valence-corrected chi connectivity index (χ1v) is 6.35. The van der Waals surface area contributed by atoms with Crippen LogP contribution in [0.3, 0.4) is 0 Å². The van der Waals surface area contributed by atoms with E-state index in [0.29, 0.717) is 12.5 Å². The molecule has 1 heterocycles. The highest BCUT2D eigenvalue weighted by atomic mass is 32.1. The Morgan fingerprint density at radius 1 is 1.27 bits per heavy atom. The normalized spacial score (nSPS) is 13.4. The summed E-state index contributed by atoms with van der Waals surface area (Å²) in [5.74, 6) is 0.926. The van der Waals surface area contributed by atoms with E-state index in [2.05, 4.69) is 26.0 Å². The average molecular weight is 227 g/mol. The number of rotatable bonds is 6. The Kier molecular flexibility index (Phi) is 5.29. The van der Waals surface area contributed by atoms with E-state index >= 15 is 0 Å². The molecule has 0 spiro atoms. The zero-order chi connectivity index (χ0) is 11.3. The first-order valence-electron chi connectivity index (χ1n) is 5.54. The third-order valence-electron chi connectivity index (χ3n) is 2.41. The fraction of sp³-hybridized carbons (Fsp3) is 0.667. The zero-order valence-electron chi connectivity index (χ0n) is 9.57. The molecular formula is C12H21NOS. The van der Waals surface area contributed by atoms with Crippen LogP contribution in [0.25, 0.3) is 0 Å². The van der Waals surface area contributed by atoms with Crippen molar-refractivity contribution < 1.29 is 5.11 Å². The van der Waals surface area contributed by atoms with Crippen LogP contribution in [-0.4, -0.2) is 18.3 Å². The van der Waals surface area contributed by atoms with E-state index in [1.165, 1.54) is 9.75 Å². The molecule has 0 aliphatic heterocycles. The van der Waals surface area contributed by atoms with E-state index in [1.54, 1.807) is 0 Å². The molecule has 86 valence electrons. The lowest BCUT2D eigenvalue weighted by Gasteiger charge is -2.08. The third-order valence-corrected chi connectivity index (χ3v) is 3.54. The van der Waals surface area contributed by atoms with Gasteiger partial charge in [0.2, 0.25) is 0 Å². The van der Waals surface area contributed by atoms with Crippen LogP contribution in [-0.2, 0) is 12.8 Å². The van der Waals surface area contributed by atoms with Crippen molar-refractivity contribution in [2.24, 2.45) is 17.6 Å². The summed E-state index contributed by atoms with van der Waals surface area (Å²) in [5, 5.41) is 9.06. The summed E-state index contributed by atoms with van der Waals surface area (Å²) in [6, 6.07) is 4.37. The van der Waals surface area contributed by atoms with E-state index in [4.69, 9.17) is 10.8 Å². The van der Waals surface area contributed by atoms with Crippen LogP contribution in [0, 0.1) is 11.8 Å². The van der Waals surface area contributed by atoms with E-state index in [9.17, 15) is 0 Å². The number of thiophene rings is 1. The summed E-state index contributed by atoms with van der Waals surface area (Å²) >= 11 is 1.85. The molecule has 0 fully saturated rings. The summed E-state index contributed by atoms with van der Waals surface area (Å²) < 4.78 is 0. The summed E-state index contributed by atoms with van der Waals surface area (Å²) in [4.78, 5) is 2.78. The van der Waals surface area contributed by atoms with Crippen molar-refractivity contribution in [3.63, 3.8) is 0 Å². The summed E-state index contributed by atoms with van der Waals surface area (Å²) in [6.07, 6.45) is 2.06. The fourth-order valence-electron chi connectivity index (χ4n) is 1.55. The topological polar surface area (TPSA) is 46.2 Å². The molecule has 3 heteroatoms. The molecule has 0 radical (unpaired) electrons. The van der Waals surface area contributed by atoms with Crippen molar-refractivity contribution in [1.29, 1.82) is 0 Å². The van der Waals surface area contributed by atoms with Crippen LogP contribution in [0.2, 0.25) is 0 Å². The molecule has 0 amide bonds. The van der Waals surface area contributed by atoms with Gasteiger partial charge in [-0.15, -0.1) is 11.3 Å². The number of aliphatic hydroxyl groups is 1. The first kappa shape index (κ1) is 12.7. The predicted molar refractivity (Wildman–Crippen MR) is 66.2 cm³/mol. The Balaban J connectivity index is 2.52. The molecule has 1 aromatic rings. The Labute approximate surface area is 96.1 Å². The van der Waals surface area contributed by atoms with Gasteiger partial charge >= 0.3 is 0 Å². The van der Waals surface area contributed by atoms with Gasteiger partial charge in [-0.25, -0.2) is 0 Å². The van der Waals surface area contributed by atoms with Crippen LogP contribution in [0.5, 0.6) is 0 Å². The van der Waals surface area contributed by atoms with Gasteiger partial charge in [-0.1, -0.05) is 13.8 Å². The average Bonchev–Trinajstić information content (AvgIpc) is 2.61. The first-order chi connectivity index (χ1) is 7.15. The standard InChI is InChI=1S/C12H21NOS/c1-9(2)5-11-3-4-12(15-11)6-10(7-13)8-14/h3-4,9-10,14H,5-8,13H2,1-2H3. The van der Waals surface area contributed by atoms with Crippen LogP contribution < -0.4 is 5.73 Å². The fourth-order valence-corrected chi connectivity index (χ4v) is 2.90. The molecule has 1 rings (SSSR count). The Bertz CT molecular complexity index is 279. The highest BCUT2D eigenvalue weighted by molar-refractivity contribution is 7.11. The number of aliphatic hydroxyl groups excluding tert-OH is 1. The molecule has 15 heavy (non-hydrogen) atoms. The van der Waals surface area contributed by atoms with Gasteiger partial charge in [-0.2, -0.15) is 0 Å². The predicted octanol–water partition coefficient (Wildman–Crippen LogP) is 2.06. The van der Waals surface area contributed by atoms with E-state index in [-0.39, 0.29) is 12.5 Å². The van der Waals surface area contributed by atoms with Crippen molar-refractivity contribution in [3.8, 4) is 0 Å². The van der Waals surface area contributed by atoms with Crippen LogP contribution in [0.4, 0.5) is 0 Å². The van der Waals surface area contributed by atoms with Crippen molar-refractivity contribution in [3.05, 3.63) is 21.9 Å². The summed E-state index contributed by atoms with van der Waals surface area (Å²) in [7, 11) is 0. The SMILES string of the molecule is CC(C)Cc1ccc(CC(CN)CO)s1. The van der Waals surface area contributed by atoms with Gasteiger partial charge in [0.25, 0.3) is 0 Å². The Hall–Kier alpha value is -0.380. The van der Waals surface area contributed by atoms with Gasteiger partial charge in [0, 0.05) is 16.4 Å². The molecule has 1 unspecified atom stereocenters. The smallest absolute Gasteiger partial charge is 0.0474 e. The molecule has 0 aromatic carbocycles. The molecule has 1 atom stereocenters. The molecule has 0 aliphatic rings. The van der Waals surface area contributed by atoms with Crippen molar-refractivity contribution in [2.45, 2.75) is 26.7 Å². The molecule has 1 aromatic heterocycles. The minimum absolute atomic E-state index is 0.188. The minimum Gasteiger partial charge on any atom is -0.396 e. The largest absolute Gasteiger partial charge is 0.396 e. The Morgan fingerprint density at radius 2 is 1.87 bits per heavy atom. The Morgan fingerprint density at radius 3 is 2.33 bits per heavy atom. The lowest BCUT2D eigenvalue weighted by atomic mass is 10.1. The van der Waals surface area contributed by atoms with Gasteiger partial charge in [0.15, 0.2) is 0 Å². The lowest BCUT2D eigenvalue weighted by Crippen LogP contribution is -2.19. The molecule has 3 N–H and O–H groups in total. The third kappa shape index (κ3) is 4.33. The second-order valence-electron chi connectivity index (χ2n) is 4.45. The maximum atomic E-state index is 9.06. The van der Waals surface area contributed by atoms with Crippen LogP contribution in [0.15, 0.2) is 12.1 Å².